The lowest BCUT2D eigenvalue weighted by atomic mass is 9.99. The van der Waals surface area contributed by atoms with Crippen LogP contribution in [0.2, 0.25) is 5.02 Å². The first-order valence-electron chi connectivity index (χ1n) is 12.0. The van der Waals surface area contributed by atoms with Crippen molar-refractivity contribution in [3.8, 4) is 17.1 Å². The van der Waals surface area contributed by atoms with E-state index in [-0.39, 0.29) is 40.8 Å². The van der Waals surface area contributed by atoms with Crippen molar-refractivity contribution < 1.29 is 30.7 Å². The molecular formula is C26H22ClF4N5O3S. The Bertz CT molecular complexity index is 1780. The molecule has 0 N–H and O–H groups in total. The van der Waals surface area contributed by atoms with Crippen LogP contribution in [0.5, 0.6) is 5.88 Å². The lowest BCUT2D eigenvalue weighted by Gasteiger charge is -2.30. The number of aromatic nitrogens is 4. The molecule has 0 saturated heterocycles. The molecule has 0 bridgehead atoms. The van der Waals surface area contributed by atoms with Crippen LogP contribution < -0.4 is 9.64 Å². The third kappa shape index (κ3) is 4.70. The molecule has 1 aromatic carbocycles. The maximum Gasteiger partial charge on any atom is 0.417 e. The van der Waals surface area contributed by atoms with E-state index in [1.807, 2.05) is 19.9 Å². The third-order valence-corrected chi connectivity index (χ3v) is 8.06. The van der Waals surface area contributed by atoms with Crippen molar-refractivity contribution in [2.24, 2.45) is 0 Å². The zero-order valence-electron chi connectivity index (χ0n) is 21.6. The summed E-state index contributed by atoms with van der Waals surface area (Å²) < 4.78 is 89.3. The number of benzene rings is 1. The molecular weight excluding hydrogens is 574 g/mol. The molecule has 40 heavy (non-hydrogen) atoms. The molecule has 5 rings (SSSR count). The van der Waals surface area contributed by atoms with Crippen LogP contribution in [0.4, 0.5) is 23.4 Å². The van der Waals surface area contributed by atoms with Crippen molar-refractivity contribution in [3.05, 3.63) is 63.7 Å². The maximum absolute atomic E-state index is 16.3. The van der Waals surface area contributed by atoms with E-state index in [9.17, 15) is 21.6 Å². The summed E-state index contributed by atoms with van der Waals surface area (Å²) in [5.41, 5.74) is -1.47. The van der Waals surface area contributed by atoms with Crippen molar-refractivity contribution in [1.82, 2.24) is 19.9 Å². The summed E-state index contributed by atoms with van der Waals surface area (Å²) in [5, 5.41) is -1.14. The number of anilines is 1. The quantitative estimate of drug-likeness (QED) is 0.213. The van der Waals surface area contributed by atoms with Gasteiger partial charge in [-0.25, -0.2) is 27.8 Å². The molecule has 0 saturated carbocycles. The van der Waals surface area contributed by atoms with Gasteiger partial charge >= 0.3 is 6.18 Å². The van der Waals surface area contributed by atoms with E-state index >= 15 is 4.39 Å². The van der Waals surface area contributed by atoms with Gasteiger partial charge in [-0.3, -0.25) is 4.98 Å². The largest absolute Gasteiger partial charge is 0.475 e. The van der Waals surface area contributed by atoms with Gasteiger partial charge in [-0.2, -0.15) is 13.2 Å². The van der Waals surface area contributed by atoms with Crippen LogP contribution in [0.1, 0.15) is 35.3 Å². The number of nitrogens with zero attached hydrogens (tertiary/aromatic N) is 5. The number of rotatable bonds is 4. The van der Waals surface area contributed by atoms with Gasteiger partial charge in [0.05, 0.1) is 23.2 Å². The highest BCUT2D eigenvalue weighted by molar-refractivity contribution is 7.90. The zero-order chi connectivity index (χ0) is 29.1. The number of pyridine rings is 2. The van der Waals surface area contributed by atoms with Gasteiger partial charge in [0.1, 0.15) is 29.0 Å². The molecule has 0 amide bonds. The van der Waals surface area contributed by atoms with Crippen LogP contribution in [0.15, 0.2) is 35.6 Å². The summed E-state index contributed by atoms with van der Waals surface area (Å²) in [6.07, 6.45) is -2.41. The second-order valence-electron chi connectivity index (χ2n) is 9.42. The molecule has 1 aliphatic rings. The van der Waals surface area contributed by atoms with Crippen molar-refractivity contribution in [2.45, 2.75) is 38.1 Å². The highest BCUT2D eigenvalue weighted by Crippen LogP contribution is 2.46. The van der Waals surface area contributed by atoms with Crippen LogP contribution in [0, 0.1) is 19.7 Å². The average Bonchev–Trinajstić information content (AvgIpc) is 3.06. The summed E-state index contributed by atoms with van der Waals surface area (Å²) in [6.45, 7) is 5.26. The van der Waals surface area contributed by atoms with Crippen molar-refractivity contribution >= 4 is 38.2 Å². The Morgan fingerprint density at radius 3 is 2.50 bits per heavy atom. The molecule has 210 valence electrons. The average molecular weight is 596 g/mol. The van der Waals surface area contributed by atoms with E-state index in [1.54, 1.807) is 17.2 Å². The Morgan fingerprint density at radius 1 is 1.12 bits per heavy atom. The van der Waals surface area contributed by atoms with Gasteiger partial charge in [-0.15, -0.1) is 0 Å². The molecule has 4 aromatic rings. The van der Waals surface area contributed by atoms with Crippen molar-refractivity contribution in [3.63, 3.8) is 0 Å². The lowest BCUT2D eigenvalue weighted by molar-refractivity contribution is -0.137. The summed E-state index contributed by atoms with van der Waals surface area (Å²) in [6, 6.07) is 5.11. The molecule has 8 nitrogen and oxygen atoms in total. The minimum atomic E-state index is -4.90. The first-order valence-corrected chi connectivity index (χ1v) is 14.3. The molecule has 3 aromatic heterocycles. The van der Waals surface area contributed by atoms with E-state index in [0.717, 1.165) is 17.9 Å². The molecule has 1 atom stereocenters. The normalized spacial score (nSPS) is 14.7. The number of sulfone groups is 1. The standard InChI is InChI=1S/C26H22ClF4N5O3S/c1-12-7-8-16(26(29,30)31)17(19(12)27)21-20(28)22-18-23(35-25(34-22)40(4,37)38)36(10-11-39-24(18)33-21)14(3)15-6-5-9-32-13(15)2/h5-9,14H,10-11H2,1-4H3/t14-/m1/s1. The Hall–Kier alpha value is -3.58. The predicted octanol–water partition coefficient (Wildman–Crippen LogP) is 5.88. The van der Waals surface area contributed by atoms with Gasteiger partial charge in [0.25, 0.3) is 0 Å². The van der Waals surface area contributed by atoms with Crippen LogP contribution in [-0.4, -0.2) is 47.8 Å². The third-order valence-electron chi connectivity index (χ3n) is 6.73. The Labute approximate surface area is 231 Å². The number of aryl methyl sites for hydroxylation is 2. The number of hydrogen-bond acceptors (Lipinski definition) is 8. The minimum absolute atomic E-state index is 0.0120. The van der Waals surface area contributed by atoms with Gasteiger partial charge in [0.2, 0.25) is 20.9 Å². The van der Waals surface area contributed by atoms with E-state index in [4.69, 9.17) is 16.3 Å². The number of hydrogen-bond donors (Lipinski definition) is 0. The fourth-order valence-electron chi connectivity index (χ4n) is 4.72. The van der Waals surface area contributed by atoms with Gasteiger partial charge in [-0.1, -0.05) is 23.7 Å². The Morgan fingerprint density at radius 2 is 1.85 bits per heavy atom. The lowest BCUT2D eigenvalue weighted by Crippen LogP contribution is -2.31. The van der Waals surface area contributed by atoms with Crippen LogP contribution in [-0.2, 0) is 16.0 Å². The minimum Gasteiger partial charge on any atom is -0.475 e. The van der Waals surface area contributed by atoms with E-state index in [0.29, 0.717) is 5.69 Å². The summed E-state index contributed by atoms with van der Waals surface area (Å²) in [4.78, 5) is 18.4. The summed E-state index contributed by atoms with van der Waals surface area (Å²) in [7, 11) is -4.09. The topological polar surface area (TPSA) is 98.2 Å². The van der Waals surface area contributed by atoms with Crippen molar-refractivity contribution in [1.29, 1.82) is 0 Å². The Kier molecular flexibility index (Phi) is 6.86. The van der Waals surface area contributed by atoms with E-state index in [2.05, 4.69) is 19.9 Å². The fourth-order valence-corrected chi connectivity index (χ4v) is 5.49. The van der Waals surface area contributed by atoms with Crippen molar-refractivity contribution in [2.75, 3.05) is 24.3 Å². The molecule has 0 fully saturated rings. The van der Waals surface area contributed by atoms with E-state index < -0.39 is 55.4 Å². The number of halogens is 5. The van der Waals surface area contributed by atoms with Gasteiger partial charge in [-0.05, 0) is 44.0 Å². The van der Waals surface area contributed by atoms with Gasteiger partial charge < -0.3 is 9.64 Å². The number of alkyl halides is 3. The second-order valence-corrected chi connectivity index (χ2v) is 11.7. The first-order chi connectivity index (χ1) is 18.7. The van der Waals surface area contributed by atoms with Crippen LogP contribution in [0.25, 0.3) is 22.2 Å². The maximum atomic E-state index is 16.3. The highest BCUT2D eigenvalue weighted by atomic mass is 35.5. The molecule has 1 aliphatic heterocycles. The monoisotopic (exact) mass is 595 g/mol. The highest BCUT2D eigenvalue weighted by Gasteiger charge is 2.38. The zero-order valence-corrected chi connectivity index (χ0v) is 23.2. The van der Waals surface area contributed by atoms with Gasteiger partial charge in [0, 0.05) is 23.7 Å². The molecule has 0 radical (unpaired) electrons. The summed E-state index contributed by atoms with van der Waals surface area (Å²) in [5.74, 6) is -1.52. The second kappa shape index (κ2) is 9.81. The molecule has 0 unspecified atom stereocenters. The SMILES string of the molecule is Cc1ccc(C(F)(F)F)c(-c2nc3c4c(nc(S(C)(=O)=O)nc4c2F)N([C@H](C)c2cccnc2C)CCO3)c1Cl. The molecule has 0 aliphatic carbocycles. The molecule has 4 heterocycles. The fraction of sp³-hybridized carbons (Fsp3) is 0.308. The predicted molar refractivity (Wildman–Crippen MR) is 141 cm³/mol. The summed E-state index contributed by atoms with van der Waals surface area (Å²) >= 11 is 6.30. The Balaban J connectivity index is 1.87. The van der Waals surface area contributed by atoms with E-state index in [1.165, 1.54) is 13.0 Å². The molecule has 14 heteroatoms. The smallest absolute Gasteiger partial charge is 0.417 e. The van der Waals surface area contributed by atoms with Crippen LogP contribution in [0.3, 0.4) is 0 Å². The first kappa shape index (κ1) is 28.0. The molecule has 0 spiro atoms. The van der Waals surface area contributed by atoms with Gasteiger partial charge in [0.15, 0.2) is 5.82 Å². The number of ether oxygens (including phenoxy) is 1. The van der Waals surface area contributed by atoms with Crippen LogP contribution >= 0.6 is 11.6 Å².